The van der Waals surface area contributed by atoms with Crippen LogP contribution < -0.4 is 0 Å². The fraction of sp³-hybridized carbons (Fsp3) is 0.172. The summed E-state index contributed by atoms with van der Waals surface area (Å²) in [5.41, 5.74) is 7.17. The Morgan fingerprint density at radius 3 is 2.22 bits per heavy atom. The van der Waals surface area contributed by atoms with Gasteiger partial charge in [0.05, 0.1) is 5.56 Å². The van der Waals surface area contributed by atoms with Gasteiger partial charge in [-0.05, 0) is 83.3 Å². The molecular formula is C29H24O3. The third-order valence-corrected chi connectivity index (χ3v) is 5.93. The lowest BCUT2D eigenvalue weighted by atomic mass is 9.71. The van der Waals surface area contributed by atoms with Gasteiger partial charge in [-0.15, -0.1) is 0 Å². The summed E-state index contributed by atoms with van der Waals surface area (Å²) in [5, 5.41) is 8.99. The molecule has 158 valence electrons. The molecule has 3 aromatic rings. The number of ketones is 1. The lowest BCUT2D eigenvalue weighted by molar-refractivity contribution is 0.0696. The Morgan fingerprint density at radius 1 is 0.906 bits per heavy atom. The molecule has 0 amide bonds. The maximum Gasteiger partial charge on any atom is 0.335 e. The van der Waals surface area contributed by atoms with E-state index in [1.165, 1.54) is 28.8 Å². The van der Waals surface area contributed by atoms with Crippen molar-refractivity contribution in [3.05, 3.63) is 112 Å². The van der Waals surface area contributed by atoms with Gasteiger partial charge in [0.25, 0.3) is 0 Å². The minimum Gasteiger partial charge on any atom is -0.478 e. The van der Waals surface area contributed by atoms with Gasteiger partial charge in [-0.3, -0.25) is 4.79 Å². The van der Waals surface area contributed by atoms with Crippen molar-refractivity contribution >= 4 is 17.3 Å². The smallest absolute Gasteiger partial charge is 0.335 e. The van der Waals surface area contributed by atoms with E-state index in [0.717, 1.165) is 17.5 Å². The first kappa shape index (κ1) is 21.3. The van der Waals surface area contributed by atoms with Crippen molar-refractivity contribution in [1.29, 1.82) is 0 Å². The van der Waals surface area contributed by atoms with E-state index in [0.29, 0.717) is 11.1 Å². The molecule has 0 bridgehead atoms. The first-order valence-corrected chi connectivity index (χ1v) is 10.6. The van der Waals surface area contributed by atoms with E-state index in [2.05, 4.69) is 63.0 Å². The number of aromatic carboxylic acids is 1. The molecule has 4 rings (SSSR count). The number of rotatable bonds is 3. The molecule has 0 saturated carbocycles. The van der Waals surface area contributed by atoms with Crippen molar-refractivity contribution in [2.75, 3.05) is 0 Å². The van der Waals surface area contributed by atoms with Gasteiger partial charge in [-0.2, -0.15) is 0 Å². The summed E-state index contributed by atoms with van der Waals surface area (Å²) in [6.07, 6.45) is 3.18. The highest BCUT2D eigenvalue weighted by molar-refractivity contribution is 6.09. The van der Waals surface area contributed by atoms with Gasteiger partial charge in [0.1, 0.15) is 0 Å². The monoisotopic (exact) mass is 420 g/mol. The zero-order valence-corrected chi connectivity index (χ0v) is 18.4. The highest BCUT2D eigenvalue weighted by Gasteiger charge is 2.29. The number of carboxylic acids is 1. The van der Waals surface area contributed by atoms with Crippen LogP contribution in [0.1, 0.15) is 68.8 Å². The minimum atomic E-state index is -0.990. The molecule has 3 heteroatoms. The number of hydrogen-bond acceptors (Lipinski definition) is 2. The summed E-state index contributed by atoms with van der Waals surface area (Å²) in [7, 11) is 0. The molecule has 0 aliphatic heterocycles. The van der Waals surface area contributed by atoms with Crippen LogP contribution in [-0.2, 0) is 5.41 Å². The second-order valence-electron chi connectivity index (χ2n) is 8.79. The minimum absolute atomic E-state index is 0.0834. The van der Waals surface area contributed by atoms with E-state index in [1.54, 1.807) is 12.1 Å². The summed E-state index contributed by atoms with van der Waals surface area (Å²) in [6.45, 7) is 6.46. The number of allylic oxidation sites excluding steroid dienone is 1. The number of fused-ring (bicyclic) bond motifs is 1. The molecule has 3 nitrogen and oxygen atoms in total. The molecular weight excluding hydrogens is 396 g/mol. The lowest BCUT2D eigenvalue weighted by Gasteiger charge is -2.32. The molecule has 3 aromatic carbocycles. The molecule has 0 heterocycles. The van der Waals surface area contributed by atoms with Crippen molar-refractivity contribution in [3.8, 4) is 11.8 Å². The third-order valence-electron chi connectivity index (χ3n) is 5.93. The molecule has 0 spiro atoms. The molecule has 1 aliphatic carbocycles. The van der Waals surface area contributed by atoms with Crippen molar-refractivity contribution < 1.29 is 14.7 Å². The number of hydrogen-bond donors (Lipinski definition) is 1. The number of benzene rings is 3. The quantitative estimate of drug-likeness (QED) is 0.415. The summed E-state index contributed by atoms with van der Waals surface area (Å²) in [6, 6.07) is 20.5. The molecule has 0 unspecified atom stereocenters. The van der Waals surface area contributed by atoms with Crippen LogP contribution in [-0.4, -0.2) is 16.9 Å². The Balaban J connectivity index is 1.65. The van der Waals surface area contributed by atoms with E-state index in [1.807, 2.05) is 18.2 Å². The predicted octanol–water partition coefficient (Wildman–Crippen LogP) is 6.04. The SMILES string of the molecule is Cc1ccc(C2=CCC(C)(C)c3cc(C(=O)C#Cc4ccc(C(=O)O)cc4)ccc32)cc1. The van der Waals surface area contributed by atoms with Crippen molar-refractivity contribution in [2.24, 2.45) is 0 Å². The van der Waals surface area contributed by atoms with E-state index in [9.17, 15) is 9.59 Å². The highest BCUT2D eigenvalue weighted by atomic mass is 16.4. The predicted molar refractivity (Wildman–Crippen MR) is 127 cm³/mol. The topological polar surface area (TPSA) is 54.4 Å². The van der Waals surface area contributed by atoms with Gasteiger partial charge < -0.3 is 5.11 Å². The highest BCUT2D eigenvalue weighted by Crippen LogP contribution is 2.41. The maximum absolute atomic E-state index is 12.8. The van der Waals surface area contributed by atoms with E-state index in [-0.39, 0.29) is 16.8 Å². The standard InChI is InChI=1S/C29H24O3/c1-19-4-9-21(10-5-19)24-16-17-29(2,3)26-18-23(13-14-25(24)26)27(30)15-8-20-6-11-22(12-7-20)28(31)32/h4-7,9-14,16,18H,17H2,1-3H3,(H,31,32). The molecule has 0 fully saturated rings. The largest absolute Gasteiger partial charge is 0.478 e. The normalized spacial score (nSPS) is 13.9. The average molecular weight is 421 g/mol. The molecule has 1 aliphatic rings. The maximum atomic E-state index is 12.8. The fourth-order valence-electron chi connectivity index (χ4n) is 3.96. The van der Waals surface area contributed by atoms with Gasteiger partial charge >= 0.3 is 5.97 Å². The van der Waals surface area contributed by atoms with Gasteiger partial charge in [0.15, 0.2) is 0 Å². The first-order chi connectivity index (χ1) is 15.2. The zero-order chi connectivity index (χ0) is 22.9. The van der Waals surface area contributed by atoms with Crippen molar-refractivity contribution in [1.82, 2.24) is 0 Å². The third kappa shape index (κ3) is 4.26. The summed E-state index contributed by atoms with van der Waals surface area (Å²) in [4.78, 5) is 23.8. The van der Waals surface area contributed by atoms with E-state index in [4.69, 9.17) is 5.11 Å². The van der Waals surface area contributed by atoms with Gasteiger partial charge in [0.2, 0.25) is 5.78 Å². The van der Waals surface area contributed by atoms with Gasteiger partial charge in [-0.25, -0.2) is 4.79 Å². The number of aryl methyl sites for hydroxylation is 1. The second kappa shape index (κ2) is 8.32. The van der Waals surface area contributed by atoms with Crippen LogP contribution in [0, 0.1) is 18.8 Å². The van der Waals surface area contributed by atoms with Crippen LogP contribution in [0.5, 0.6) is 0 Å². The Morgan fingerprint density at radius 2 is 1.56 bits per heavy atom. The van der Waals surface area contributed by atoms with E-state index >= 15 is 0 Å². The number of carbonyl (C=O) groups is 2. The van der Waals surface area contributed by atoms with Crippen LogP contribution in [0.15, 0.2) is 72.8 Å². The van der Waals surface area contributed by atoms with Crippen molar-refractivity contribution in [3.63, 3.8) is 0 Å². The number of carbonyl (C=O) groups excluding carboxylic acids is 1. The molecule has 1 N–H and O–H groups in total. The second-order valence-corrected chi connectivity index (χ2v) is 8.79. The van der Waals surface area contributed by atoms with Crippen LogP contribution >= 0.6 is 0 Å². The van der Waals surface area contributed by atoms with Gasteiger partial charge in [0, 0.05) is 11.1 Å². The molecule has 0 aromatic heterocycles. The number of carboxylic acid groups (broad SMARTS) is 1. The summed E-state index contributed by atoms with van der Waals surface area (Å²) < 4.78 is 0. The van der Waals surface area contributed by atoms with Crippen LogP contribution in [0.3, 0.4) is 0 Å². The summed E-state index contributed by atoms with van der Waals surface area (Å²) >= 11 is 0. The van der Waals surface area contributed by atoms with Crippen LogP contribution in [0.4, 0.5) is 0 Å². The molecule has 0 saturated heterocycles. The Labute approximate surface area is 188 Å². The summed E-state index contributed by atoms with van der Waals surface area (Å²) in [5.74, 6) is 4.30. The number of Topliss-reactive ketones (excluding diaryl/α,β-unsaturated/α-hetero) is 1. The van der Waals surface area contributed by atoms with E-state index < -0.39 is 5.97 Å². The Hall–Kier alpha value is -3.90. The van der Waals surface area contributed by atoms with Gasteiger partial charge in [-0.1, -0.05) is 61.7 Å². The molecule has 32 heavy (non-hydrogen) atoms. The average Bonchev–Trinajstić information content (AvgIpc) is 2.78. The Kier molecular flexibility index (Phi) is 5.55. The zero-order valence-electron chi connectivity index (χ0n) is 18.4. The first-order valence-electron chi connectivity index (χ1n) is 10.6. The Bertz CT molecular complexity index is 1300. The van der Waals surface area contributed by atoms with Crippen LogP contribution in [0.25, 0.3) is 5.57 Å². The van der Waals surface area contributed by atoms with Crippen molar-refractivity contribution in [2.45, 2.75) is 32.6 Å². The van der Waals surface area contributed by atoms with Crippen LogP contribution in [0.2, 0.25) is 0 Å². The molecule has 0 radical (unpaired) electrons. The molecule has 0 atom stereocenters. The fourth-order valence-corrected chi connectivity index (χ4v) is 3.96. The lowest BCUT2D eigenvalue weighted by Crippen LogP contribution is -2.22.